The van der Waals surface area contributed by atoms with Crippen LogP contribution in [0.4, 0.5) is 5.82 Å². The van der Waals surface area contributed by atoms with E-state index in [0.29, 0.717) is 30.3 Å². The lowest BCUT2D eigenvalue weighted by Gasteiger charge is -2.23. The molecule has 2 heterocycles. The highest BCUT2D eigenvalue weighted by atomic mass is 16.5. The number of aryl methyl sites for hydroxylation is 2. The average Bonchev–Trinajstić information content (AvgIpc) is 3.14. The number of hydrogen-bond donors (Lipinski definition) is 1. The van der Waals surface area contributed by atoms with Crippen molar-refractivity contribution in [3.8, 4) is 11.5 Å². The van der Waals surface area contributed by atoms with Gasteiger partial charge >= 0.3 is 0 Å². The summed E-state index contributed by atoms with van der Waals surface area (Å²) >= 11 is 0. The van der Waals surface area contributed by atoms with Crippen LogP contribution in [0.1, 0.15) is 41.5 Å². The molecular formula is C23H25N3O3. The van der Waals surface area contributed by atoms with Crippen molar-refractivity contribution >= 4 is 11.7 Å². The van der Waals surface area contributed by atoms with Crippen LogP contribution in [0.3, 0.4) is 0 Å². The summed E-state index contributed by atoms with van der Waals surface area (Å²) in [5.41, 5.74) is 4.35. The second kappa shape index (κ2) is 7.99. The van der Waals surface area contributed by atoms with Gasteiger partial charge in [-0.25, -0.2) is 0 Å². The summed E-state index contributed by atoms with van der Waals surface area (Å²) in [6.07, 6.45) is 2.39. The Hall–Kier alpha value is -3.28. The summed E-state index contributed by atoms with van der Waals surface area (Å²) in [4.78, 5) is 12.2. The quantitative estimate of drug-likeness (QED) is 0.681. The number of nitrogens with zero attached hydrogens (tertiary/aromatic N) is 2. The van der Waals surface area contributed by atoms with Gasteiger partial charge in [0.15, 0.2) is 17.3 Å². The molecule has 6 nitrogen and oxygen atoms in total. The first-order valence-electron chi connectivity index (χ1n) is 9.81. The minimum atomic E-state index is -0.0567. The first-order chi connectivity index (χ1) is 14.1. The van der Waals surface area contributed by atoms with Crippen molar-refractivity contribution in [2.45, 2.75) is 39.3 Å². The molecular weight excluding hydrogens is 366 g/mol. The van der Waals surface area contributed by atoms with Crippen LogP contribution in [-0.2, 0) is 17.9 Å². The van der Waals surface area contributed by atoms with Crippen LogP contribution >= 0.6 is 0 Å². The largest absolute Gasteiger partial charge is 0.493 e. The van der Waals surface area contributed by atoms with Gasteiger partial charge in [0.1, 0.15) is 6.61 Å². The van der Waals surface area contributed by atoms with E-state index in [1.54, 1.807) is 7.11 Å². The minimum Gasteiger partial charge on any atom is -0.493 e. The molecule has 2 aromatic carbocycles. The molecule has 1 N–H and O–H groups in total. The number of ether oxygens (including phenoxy) is 2. The van der Waals surface area contributed by atoms with Gasteiger partial charge in [-0.15, -0.1) is 0 Å². The molecule has 3 aromatic rings. The number of anilines is 1. The smallest absolute Gasteiger partial charge is 0.226 e. The summed E-state index contributed by atoms with van der Waals surface area (Å²) in [7, 11) is 1.63. The molecule has 0 radical (unpaired) electrons. The first kappa shape index (κ1) is 19.1. The Morgan fingerprint density at radius 1 is 1.21 bits per heavy atom. The molecule has 6 heteroatoms. The zero-order valence-electron chi connectivity index (χ0n) is 16.9. The lowest BCUT2D eigenvalue weighted by molar-refractivity contribution is -0.116. The lowest BCUT2D eigenvalue weighted by atomic mass is 9.87. The Labute approximate surface area is 170 Å². The number of amides is 1. The lowest BCUT2D eigenvalue weighted by Crippen LogP contribution is -2.23. The summed E-state index contributed by atoms with van der Waals surface area (Å²) in [6.45, 7) is 5.31. The van der Waals surface area contributed by atoms with E-state index >= 15 is 0 Å². The zero-order chi connectivity index (χ0) is 20.4. The third-order valence-corrected chi connectivity index (χ3v) is 5.20. The predicted octanol–water partition coefficient (Wildman–Crippen LogP) is 4.27. The zero-order valence-corrected chi connectivity index (χ0v) is 16.9. The van der Waals surface area contributed by atoms with Crippen LogP contribution in [-0.4, -0.2) is 22.8 Å². The maximum atomic E-state index is 12.2. The normalized spacial score (nSPS) is 15.6. The van der Waals surface area contributed by atoms with Crippen LogP contribution in [0.5, 0.6) is 11.5 Å². The van der Waals surface area contributed by atoms with Crippen LogP contribution in [0.25, 0.3) is 0 Å². The number of methoxy groups -OCH3 is 1. The fourth-order valence-electron chi connectivity index (χ4n) is 3.71. The molecule has 0 saturated carbocycles. The number of benzene rings is 2. The fraction of sp³-hybridized carbons (Fsp3) is 0.304. The molecule has 4 rings (SSSR count). The first-order valence-corrected chi connectivity index (χ1v) is 9.81. The van der Waals surface area contributed by atoms with E-state index in [1.165, 1.54) is 5.56 Å². The second-order valence-electron chi connectivity index (χ2n) is 7.28. The van der Waals surface area contributed by atoms with Crippen molar-refractivity contribution in [3.63, 3.8) is 0 Å². The summed E-state index contributed by atoms with van der Waals surface area (Å²) in [5, 5.41) is 7.32. The third kappa shape index (κ3) is 3.97. The van der Waals surface area contributed by atoms with Gasteiger partial charge in [0, 0.05) is 30.6 Å². The van der Waals surface area contributed by atoms with E-state index in [-0.39, 0.29) is 11.8 Å². The van der Waals surface area contributed by atoms with Gasteiger partial charge < -0.3 is 14.8 Å². The Bertz CT molecular complexity index is 1040. The van der Waals surface area contributed by atoms with Crippen LogP contribution in [0.2, 0.25) is 0 Å². The standard InChI is InChI=1S/C23H25N3O3/c1-4-26-13-19-18(12-22(27)24-23(19)25-26)17-8-9-20(21(11-17)28-3)29-14-16-7-5-6-15(2)10-16/h5-11,13,18H,4,12,14H2,1-3H3,(H,24,25,27). The van der Waals surface area contributed by atoms with Gasteiger partial charge in [0.2, 0.25) is 5.91 Å². The maximum absolute atomic E-state index is 12.2. The van der Waals surface area contributed by atoms with Crippen molar-refractivity contribution in [3.05, 3.63) is 70.9 Å². The number of nitrogens with one attached hydrogen (secondary N) is 1. The van der Waals surface area contributed by atoms with E-state index in [0.717, 1.165) is 23.2 Å². The number of hydrogen-bond acceptors (Lipinski definition) is 4. The van der Waals surface area contributed by atoms with E-state index in [2.05, 4.69) is 29.5 Å². The van der Waals surface area contributed by atoms with Crippen molar-refractivity contribution < 1.29 is 14.3 Å². The van der Waals surface area contributed by atoms with Crippen molar-refractivity contribution in [1.82, 2.24) is 9.78 Å². The molecule has 1 aromatic heterocycles. The third-order valence-electron chi connectivity index (χ3n) is 5.20. The van der Waals surface area contributed by atoms with E-state index in [9.17, 15) is 4.79 Å². The van der Waals surface area contributed by atoms with Crippen molar-refractivity contribution in [2.24, 2.45) is 0 Å². The number of aromatic nitrogens is 2. The van der Waals surface area contributed by atoms with Gasteiger partial charge in [0.05, 0.1) is 7.11 Å². The summed E-state index contributed by atoms with van der Waals surface area (Å²) in [6, 6.07) is 14.1. The van der Waals surface area contributed by atoms with Crippen LogP contribution < -0.4 is 14.8 Å². The molecule has 0 bridgehead atoms. The van der Waals surface area contributed by atoms with Gasteiger partial charge in [-0.05, 0) is 37.1 Å². The highest BCUT2D eigenvalue weighted by molar-refractivity contribution is 5.94. The molecule has 1 atom stereocenters. The van der Waals surface area contributed by atoms with Crippen LogP contribution in [0, 0.1) is 6.92 Å². The van der Waals surface area contributed by atoms with Gasteiger partial charge in [-0.1, -0.05) is 35.9 Å². The average molecular weight is 391 g/mol. The Kier molecular flexibility index (Phi) is 5.25. The Balaban J connectivity index is 1.60. The van der Waals surface area contributed by atoms with Crippen LogP contribution in [0.15, 0.2) is 48.7 Å². The second-order valence-corrected chi connectivity index (χ2v) is 7.28. The van der Waals surface area contributed by atoms with Crippen molar-refractivity contribution in [1.29, 1.82) is 0 Å². The maximum Gasteiger partial charge on any atom is 0.226 e. The molecule has 150 valence electrons. The van der Waals surface area contributed by atoms with Crippen molar-refractivity contribution in [2.75, 3.05) is 12.4 Å². The molecule has 0 aliphatic carbocycles. The van der Waals surface area contributed by atoms with Gasteiger partial charge in [0.25, 0.3) is 0 Å². The number of carbonyl (C=O) groups excluding carboxylic acids is 1. The molecule has 1 amide bonds. The molecule has 0 spiro atoms. The Morgan fingerprint density at radius 3 is 2.83 bits per heavy atom. The number of rotatable bonds is 6. The molecule has 29 heavy (non-hydrogen) atoms. The molecule has 0 saturated heterocycles. The highest BCUT2D eigenvalue weighted by Crippen LogP contribution is 2.39. The number of fused-ring (bicyclic) bond motifs is 1. The minimum absolute atomic E-state index is 0.0254. The highest BCUT2D eigenvalue weighted by Gasteiger charge is 2.29. The fourth-order valence-corrected chi connectivity index (χ4v) is 3.71. The molecule has 1 aliphatic heterocycles. The molecule has 0 fully saturated rings. The van der Waals surface area contributed by atoms with E-state index in [1.807, 2.05) is 48.1 Å². The van der Waals surface area contributed by atoms with Gasteiger partial charge in [-0.3, -0.25) is 9.48 Å². The Morgan fingerprint density at radius 2 is 2.07 bits per heavy atom. The van der Waals surface area contributed by atoms with E-state index < -0.39 is 0 Å². The SMILES string of the molecule is CCn1cc2c(n1)NC(=O)CC2c1ccc(OCc2cccc(C)c2)c(OC)c1. The predicted molar refractivity (Wildman–Crippen MR) is 111 cm³/mol. The monoisotopic (exact) mass is 391 g/mol. The number of carbonyl (C=O) groups is 1. The van der Waals surface area contributed by atoms with Gasteiger partial charge in [-0.2, -0.15) is 5.10 Å². The topological polar surface area (TPSA) is 65.4 Å². The summed E-state index contributed by atoms with van der Waals surface area (Å²) < 4.78 is 13.4. The molecule has 1 aliphatic rings. The molecule has 1 unspecified atom stereocenters. The van der Waals surface area contributed by atoms with E-state index in [4.69, 9.17) is 9.47 Å². The summed E-state index contributed by atoms with van der Waals surface area (Å²) in [5.74, 6) is 1.90.